The van der Waals surface area contributed by atoms with Crippen LogP contribution in [0.1, 0.15) is 24.0 Å². The number of unbranched alkanes of at least 4 members (excludes halogenated alkanes) is 1. The third kappa shape index (κ3) is 7.58. The monoisotopic (exact) mass is 545 g/mol. The molecule has 1 aliphatic rings. The second-order valence-corrected chi connectivity index (χ2v) is 10.4. The first kappa shape index (κ1) is 29.0. The summed E-state index contributed by atoms with van der Waals surface area (Å²) in [5, 5.41) is 17.7. The average Bonchev–Trinajstić information content (AvgIpc) is 3.42. The summed E-state index contributed by atoms with van der Waals surface area (Å²) >= 11 is 0. The number of hydrogen-bond acceptors (Lipinski definition) is 6. The third-order valence-corrected chi connectivity index (χ3v) is 7.47. The molecule has 1 aliphatic heterocycles. The van der Waals surface area contributed by atoms with Crippen molar-refractivity contribution in [3.63, 3.8) is 0 Å². The van der Waals surface area contributed by atoms with Gasteiger partial charge in [-0.1, -0.05) is 54.6 Å². The van der Waals surface area contributed by atoms with Crippen LogP contribution in [-0.2, 0) is 27.2 Å². The maximum atomic E-state index is 13.3. The van der Waals surface area contributed by atoms with Gasteiger partial charge in [0.25, 0.3) is 0 Å². The van der Waals surface area contributed by atoms with Gasteiger partial charge in [-0.15, -0.1) is 0 Å². The van der Waals surface area contributed by atoms with Gasteiger partial charge in [0.2, 0.25) is 17.7 Å². The molecule has 40 heavy (non-hydrogen) atoms. The lowest BCUT2D eigenvalue weighted by Crippen LogP contribution is -2.44. The summed E-state index contributed by atoms with van der Waals surface area (Å²) in [6, 6.07) is 20.1. The molecule has 3 aromatic carbocycles. The lowest BCUT2D eigenvalue weighted by Gasteiger charge is -2.21. The number of benzene rings is 3. The molecule has 0 unspecified atom stereocenters. The Bertz CT molecular complexity index is 1310. The van der Waals surface area contributed by atoms with Gasteiger partial charge in [-0.05, 0) is 66.3 Å². The molecule has 0 aliphatic carbocycles. The molecule has 9 heteroatoms. The van der Waals surface area contributed by atoms with Crippen LogP contribution in [0, 0.1) is 11.8 Å². The van der Waals surface area contributed by atoms with E-state index in [-0.39, 0.29) is 43.0 Å². The molecular weight excluding hydrogens is 506 g/mol. The van der Waals surface area contributed by atoms with Gasteiger partial charge in [-0.2, -0.15) is 0 Å². The Kier molecular flexibility index (Phi) is 10.1. The zero-order valence-electron chi connectivity index (χ0n) is 22.7. The Hall–Kier alpha value is -3.95. The van der Waals surface area contributed by atoms with Crippen LogP contribution in [0.2, 0.25) is 0 Å². The van der Waals surface area contributed by atoms with Crippen LogP contribution in [0.4, 0.5) is 0 Å². The van der Waals surface area contributed by atoms with E-state index < -0.39 is 17.9 Å². The summed E-state index contributed by atoms with van der Waals surface area (Å²) in [5.74, 6) is -1.99. The predicted molar refractivity (Wildman–Crippen MR) is 155 cm³/mol. The van der Waals surface area contributed by atoms with Gasteiger partial charge in [0.05, 0.1) is 17.9 Å². The number of fused-ring (bicyclic) bond motifs is 1. The van der Waals surface area contributed by atoms with Crippen LogP contribution < -0.4 is 22.1 Å². The van der Waals surface area contributed by atoms with E-state index in [2.05, 4.69) is 41.0 Å². The van der Waals surface area contributed by atoms with E-state index in [4.69, 9.17) is 11.5 Å². The smallest absolute Gasteiger partial charge is 0.239 e. The first-order valence-corrected chi connectivity index (χ1v) is 13.9. The molecule has 9 nitrogen and oxygen atoms in total. The second-order valence-electron chi connectivity index (χ2n) is 10.4. The molecule has 1 saturated heterocycles. The van der Waals surface area contributed by atoms with Crippen LogP contribution >= 0.6 is 0 Å². The molecule has 3 amide bonds. The fourth-order valence-electron chi connectivity index (χ4n) is 5.19. The Morgan fingerprint density at radius 1 is 0.850 bits per heavy atom. The maximum Gasteiger partial charge on any atom is 0.239 e. The Balaban J connectivity index is 1.38. The minimum Gasteiger partial charge on any atom is -0.508 e. The van der Waals surface area contributed by atoms with Crippen LogP contribution in [0.5, 0.6) is 5.75 Å². The predicted octanol–water partition coefficient (Wildman–Crippen LogP) is 1.70. The topological polar surface area (TPSA) is 151 Å². The van der Waals surface area contributed by atoms with Gasteiger partial charge < -0.3 is 32.1 Å². The normalized spacial score (nSPS) is 17.5. The van der Waals surface area contributed by atoms with E-state index in [1.807, 2.05) is 12.1 Å². The Morgan fingerprint density at radius 3 is 2.15 bits per heavy atom. The summed E-state index contributed by atoms with van der Waals surface area (Å²) in [6.45, 7) is 1.70. The van der Waals surface area contributed by atoms with E-state index in [9.17, 15) is 19.5 Å². The number of phenols is 1. The maximum absolute atomic E-state index is 13.3. The van der Waals surface area contributed by atoms with Crippen molar-refractivity contribution in [3.05, 3.63) is 77.9 Å². The molecule has 0 spiro atoms. The van der Waals surface area contributed by atoms with Gasteiger partial charge in [-0.3, -0.25) is 14.4 Å². The molecule has 212 valence electrons. The first-order valence-electron chi connectivity index (χ1n) is 13.9. The van der Waals surface area contributed by atoms with Crippen molar-refractivity contribution < 1.29 is 19.5 Å². The lowest BCUT2D eigenvalue weighted by molar-refractivity contribution is -0.132. The molecule has 3 atom stereocenters. The number of aromatic hydroxyl groups is 1. The van der Waals surface area contributed by atoms with Gasteiger partial charge in [-0.25, -0.2) is 0 Å². The quantitative estimate of drug-likeness (QED) is 0.219. The molecule has 3 aromatic rings. The number of carbonyl (C=O) groups excluding carboxylic acids is 3. The molecular formula is C31H39N5O4. The van der Waals surface area contributed by atoms with E-state index >= 15 is 0 Å². The minimum absolute atomic E-state index is 0.130. The molecule has 0 bridgehead atoms. The highest BCUT2D eigenvalue weighted by molar-refractivity contribution is 5.91. The summed E-state index contributed by atoms with van der Waals surface area (Å²) in [7, 11) is 0. The minimum atomic E-state index is -0.826. The van der Waals surface area contributed by atoms with Crippen molar-refractivity contribution in [3.8, 4) is 5.75 Å². The van der Waals surface area contributed by atoms with Crippen molar-refractivity contribution in [2.24, 2.45) is 23.3 Å². The SMILES string of the molecule is NCCCCNC(=O)[C@@H]1CN(C(=O)[C@@H](N)Cc2ccc(O)cc2)C[C@H]1C(=O)NCCc1ccc2ccccc2c1. The van der Waals surface area contributed by atoms with Crippen molar-refractivity contribution in [1.82, 2.24) is 15.5 Å². The molecule has 7 N–H and O–H groups in total. The number of carbonyl (C=O) groups is 3. The van der Waals surface area contributed by atoms with Crippen molar-refractivity contribution in [2.45, 2.75) is 31.7 Å². The van der Waals surface area contributed by atoms with Crippen LogP contribution in [0.15, 0.2) is 66.7 Å². The standard InChI is InChI=1S/C31H39N5O4/c32-14-3-4-15-34-29(38)26-19-36(31(40)28(33)18-21-8-11-25(37)12-9-21)20-27(26)30(39)35-16-13-22-7-10-23-5-1-2-6-24(23)17-22/h1-2,5-12,17,26-28,37H,3-4,13-16,18-20,32-33H2,(H,34,38)(H,35,39)/t26-,27-,28+/m1/s1. The van der Waals surface area contributed by atoms with Crippen molar-refractivity contribution in [1.29, 1.82) is 0 Å². The van der Waals surface area contributed by atoms with Gasteiger partial charge in [0.1, 0.15) is 5.75 Å². The highest BCUT2D eigenvalue weighted by Crippen LogP contribution is 2.25. The number of nitrogens with one attached hydrogen (secondary N) is 2. The number of nitrogens with zero attached hydrogens (tertiary/aromatic N) is 1. The number of rotatable bonds is 12. The highest BCUT2D eigenvalue weighted by Gasteiger charge is 2.44. The number of hydrogen-bond donors (Lipinski definition) is 5. The number of nitrogens with two attached hydrogens (primary N) is 2. The van der Waals surface area contributed by atoms with Gasteiger partial charge in [0.15, 0.2) is 0 Å². The van der Waals surface area contributed by atoms with E-state index in [0.717, 1.165) is 34.7 Å². The molecule has 1 fully saturated rings. The Morgan fingerprint density at radius 2 is 1.48 bits per heavy atom. The molecule has 0 radical (unpaired) electrons. The van der Waals surface area contributed by atoms with Crippen molar-refractivity contribution in [2.75, 3.05) is 32.7 Å². The summed E-state index contributed by atoms with van der Waals surface area (Å²) < 4.78 is 0. The first-order chi connectivity index (χ1) is 19.4. The number of amides is 3. The fourth-order valence-corrected chi connectivity index (χ4v) is 5.19. The zero-order valence-corrected chi connectivity index (χ0v) is 22.7. The summed E-state index contributed by atoms with van der Waals surface area (Å²) in [4.78, 5) is 41.2. The van der Waals surface area contributed by atoms with E-state index in [1.165, 1.54) is 4.90 Å². The number of likely N-dealkylation sites (tertiary alicyclic amines) is 1. The largest absolute Gasteiger partial charge is 0.508 e. The third-order valence-electron chi connectivity index (χ3n) is 7.47. The van der Waals surface area contributed by atoms with E-state index in [0.29, 0.717) is 26.1 Å². The van der Waals surface area contributed by atoms with Gasteiger partial charge >= 0.3 is 0 Å². The second kappa shape index (κ2) is 13.9. The van der Waals surface area contributed by atoms with Crippen LogP contribution in [0.25, 0.3) is 10.8 Å². The fraction of sp³-hybridized carbons (Fsp3) is 0.387. The summed E-state index contributed by atoms with van der Waals surface area (Å²) in [6.07, 6.45) is 2.48. The lowest BCUT2D eigenvalue weighted by atomic mass is 9.94. The molecule has 0 aromatic heterocycles. The highest BCUT2D eigenvalue weighted by atomic mass is 16.3. The van der Waals surface area contributed by atoms with Crippen LogP contribution in [0.3, 0.4) is 0 Å². The average molecular weight is 546 g/mol. The molecule has 0 saturated carbocycles. The van der Waals surface area contributed by atoms with Gasteiger partial charge in [0, 0.05) is 26.2 Å². The molecule has 4 rings (SSSR count). The molecule has 1 heterocycles. The number of phenolic OH excluding ortho intramolecular Hbond substituents is 1. The zero-order chi connectivity index (χ0) is 28.5. The Labute approximate surface area is 234 Å². The van der Waals surface area contributed by atoms with Crippen molar-refractivity contribution >= 4 is 28.5 Å². The van der Waals surface area contributed by atoms with E-state index in [1.54, 1.807) is 24.3 Å². The van der Waals surface area contributed by atoms with Crippen LogP contribution in [-0.4, -0.2) is 66.5 Å². The summed E-state index contributed by atoms with van der Waals surface area (Å²) in [5.41, 5.74) is 13.7.